The van der Waals surface area contributed by atoms with E-state index in [1.54, 1.807) is 0 Å². The van der Waals surface area contributed by atoms with E-state index in [-0.39, 0.29) is 0 Å². The molecule has 0 unspecified atom stereocenters. The van der Waals surface area contributed by atoms with Gasteiger partial charge in [0.1, 0.15) is 5.82 Å². The fourth-order valence-corrected chi connectivity index (χ4v) is 1.42. The zero-order valence-electron chi connectivity index (χ0n) is 7.00. The highest BCUT2D eigenvalue weighted by Gasteiger charge is 2.17. The van der Waals surface area contributed by atoms with Crippen molar-refractivity contribution in [3.05, 3.63) is 22.8 Å². The van der Waals surface area contributed by atoms with E-state index in [2.05, 4.69) is 9.97 Å². The van der Waals surface area contributed by atoms with E-state index in [0.29, 0.717) is 19.8 Å². The molecule has 0 aliphatic carbocycles. The van der Waals surface area contributed by atoms with Gasteiger partial charge in [-0.2, -0.15) is 0 Å². The summed E-state index contributed by atoms with van der Waals surface area (Å²) in [4.78, 5) is 8.52. The fraction of sp³-hybridized carbons (Fsp3) is 0.500. The Labute approximate surface area is 70.8 Å². The maximum Gasteiger partial charge on any atom is 0.125 e. The van der Waals surface area contributed by atoms with Gasteiger partial charge in [0, 0.05) is 12.1 Å². The van der Waals surface area contributed by atoms with Gasteiger partial charge in [-0.3, -0.25) is 0 Å². The Morgan fingerprint density at radius 1 is 1.42 bits per heavy atom. The Hall–Kier alpha value is -1.00. The monoisotopic (exact) mass is 165 g/mol. The van der Waals surface area contributed by atoms with E-state index in [4.69, 9.17) is 10.5 Å². The summed E-state index contributed by atoms with van der Waals surface area (Å²) in [6.45, 7) is 3.56. The van der Waals surface area contributed by atoms with Crippen LogP contribution < -0.4 is 5.73 Å². The third-order valence-electron chi connectivity index (χ3n) is 1.97. The molecule has 0 aromatic carbocycles. The lowest BCUT2D eigenvalue weighted by atomic mass is 10.2. The standard InChI is InChI=1S/C8H11N3O/c1-5-10-7(2-9)6-3-12-4-8(6)11-5/h2-4,9H2,1H3. The van der Waals surface area contributed by atoms with Crippen molar-refractivity contribution in [1.29, 1.82) is 0 Å². The van der Waals surface area contributed by atoms with Crippen LogP contribution in [0, 0.1) is 6.92 Å². The minimum absolute atomic E-state index is 0.467. The number of ether oxygens (including phenoxy) is 1. The van der Waals surface area contributed by atoms with E-state index < -0.39 is 0 Å². The minimum atomic E-state index is 0.467. The van der Waals surface area contributed by atoms with Crippen LogP contribution in [0.1, 0.15) is 22.8 Å². The topological polar surface area (TPSA) is 61.0 Å². The molecular weight excluding hydrogens is 154 g/mol. The molecular formula is C8H11N3O. The lowest BCUT2D eigenvalue weighted by Crippen LogP contribution is -2.07. The zero-order valence-corrected chi connectivity index (χ0v) is 7.00. The maximum atomic E-state index is 5.55. The smallest absolute Gasteiger partial charge is 0.125 e. The molecule has 0 saturated heterocycles. The predicted molar refractivity (Wildman–Crippen MR) is 43.2 cm³/mol. The molecule has 0 fully saturated rings. The summed E-state index contributed by atoms with van der Waals surface area (Å²) in [6, 6.07) is 0. The molecule has 0 bridgehead atoms. The van der Waals surface area contributed by atoms with Crippen molar-refractivity contribution in [2.24, 2.45) is 5.73 Å². The Morgan fingerprint density at radius 3 is 3.00 bits per heavy atom. The molecule has 4 heteroatoms. The van der Waals surface area contributed by atoms with Crippen LogP contribution in [0.2, 0.25) is 0 Å². The third kappa shape index (κ3) is 1.09. The second-order valence-corrected chi connectivity index (χ2v) is 2.84. The molecule has 1 aromatic rings. The Bertz CT molecular complexity index is 311. The molecule has 0 atom stereocenters. The summed E-state index contributed by atoms with van der Waals surface area (Å²) in [7, 11) is 0. The lowest BCUT2D eigenvalue weighted by Gasteiger charge is -2.03. The highest BCUT2D eigenvalue weighted by Crippen LogP contribution is 2.19. The van der Waals surface area contributed by atoms with Crippen LogP contribution in [0.3, 0.4) is 0 Å². The van der Waals surface area contributed by atoms with Crippen molar-refractivity contribution in [1.82, 2.24) is 9.97 Å². The molecule has 2 rings (SSSR count). The number of nitrogens with zero attached hydrogens (tertiary/aromatic N) is 2. The average Bonchev–Trinajstić information content (AvgIpc) is 2.50. The summed E-state index contributed by atoms with van der Waals surface area (Å²) in [6.07, 6.45) is 0. The van der Waals surface area contributed by atoms with Gasteiger partial charge in [0.05, 0.1) is 24.6 Å². The molecule has 2 heterocycles. The molecule has 64 valence electrons. The molecule has 12 heavy (non-hydrogen) atoms. The van der Waals surface area contributed by atoms with E-state index in [1.165, 1.54) is 0 Å². The number of nitrogens with two attached hydrogens (primary N) is 1. The van der Waals surface area contributed by atoms with E-state index in [0.717, 1.165) is 22.8 Å². The second-order valence-electron chi connectivity index (χ2n) is 2.84. The van der Waals surface area contributed by atoms with Gasteiger partial charge in [0.15, 0.2) is 0 Å². The first-order chi connectivity index (χ1) is 5.81. The van der Waals surface area contributed by atoms with Gasteiger partial charge in [0.25, 0.3) is 0 Å². The first-order valence-corrected chi connectivity index (χ1v) is 3.94. The summed E-state index contributed by atoms with van der Waals surface area (Å²) >= 11 is 0. The van der Waals surface area contributed by atoms with Gasteiger partial charge >= 0.3 is 0 Å². The van der Waals surface area contributed by atoms with Crippen LogP contribution >= 0.6 is 0 Å². The molecule has 1 aromatic heterocycles. The van der Waals surface area contributed by atoms with E-state index in [9.17, 15) is 0 Å². The van der Waals surface area contributed by atoms with Gasteiger partial charge < -0.3 is 10.5 Å². The highest BCUT2D eigenvalue weighted by molar-refractivity contribution is 5.27. The van der Waals surface area contributed by atoms with Gasteiger partial charge in [0.2, 0.25) is 0 Å². The van der Waals surface area contributed by atoms with Crippen LogP contribution in [-0.2, 0) is 24.5 Å². The van der Waals surface area contributed by atoms with Crippen LogP contribution in [-0.4, -0.2) is 9.97 Å². The maximum absolute atomic E-state index is 5.55. The quantitative estimate of drug-likeness (QED) is 0.649. The van der Waals surface area contributed by atoms with Gasteiger partial charge in [-0.15, -0.1) is 0 Å². The average molecular weight is 165 g/mol. The molecule has 0 saturated carbocycles. The molecule has 0 spiro atoms. The molecule has 2 N–H and O–H groups in total. The number of hydrogen-bond donors (Lipinski definition) is 1. The Morgan fingerprint density at radius 2 is 2.25 bits per heavy atom. The SMILES string of the molecule is Cc1nc(CN)c2c(n1)COC2. The van der Waals surface area contributed by atoms with E-state index >= 15 is 0 Å². The van der Waals surface area contributed by atoms with Crippen molar-refractivity contribution in [2.45, 2.75) is 26.7 Å². The van der Waals surface area contributed by atoms with Crippen LogP contribution in [0.15, 0.2) is 0 Å². The van der Waals surface area contributed by atoms with Gasteiger partial charge in [-0.1, -0.05) is 0 Å². The number of rotatable bonds is 1. The van der Waals surface area contributed by atoms with Crippen LogP contribution in [0.4, 0.5) is 0 Å². The lowest BCUT2D eigenvalue weighted by molar-refractivity contribution is 0.133. The first kappa shape index (κ1) is 7.64. The molecule has 1 aliphatic rings. The Kier molecular flexibility index (Phi) is 1.78. The second kappa shape index (κ2) is 2.80. The Balaban J connectivity index is 2.55. The summed E-state index contributed by atoms with van der Waals surface area (Å²) < 4.78 is 5.25. The molecule has 1 aliphatic heterocycles. The van der Waals surface area contributed by atoms with Crippen molar-refractivity contribution >= 4 is 0 Å². The van der Waals surface area contributed by atoms with Crippen molar-refractivity contribution in [2.75, 3.05) is 0 Å². The van der Waals surface area contributed by atoms with Crippen molar-refractivity contribution < 1.29 is 4.74 Å². The number of hydrogen-bond acceptors (Lipinski definition) is 4. The van der Waals surface area contributed by atoms with Crippen LogP contribution in [0.5, 0.6) is 0 Å². The minimum Gasteiger partial charge on any atom is -0.370 e. The van der Waals surface area contributed by atoms with Gasteiger partial charge in [-0.05, 0) is 6.92 Å². The van der Waals surface area contributed by atoms with E-state index in [1.807, 2.05) is 6.92 Å². The molecule has 4 nitrogen and oxygen atoms in total. The van der Waals surface area contributed by atoms with Gasteiger partial charge in [-0.25, -0.2) is 9.97 Å². The third-order valence-corrected chi connectivity index (χ3v) is 1.97. The fourth-order valence-electron chi connectivity index (χ4n) is 1.42. The van der Waals surface area contributed by atoms with Crippen molar-refractivity contribution in [3.8, 4) is 0 Å². The predicted octanol–water partition coefficient (Wildman–Crippen LogP) is 0.274. The van der Waals surface area contributed by atoms with Crippen LogP contribution in [0.25, 0.3) is 0 Å². The normalized spacial score (nSPS) is 14.8. The van der Waals surface area contributed by atoms with Crippen molar-refractivity contribution in [3.63, 3.8) is 0 Å². The summed E-state index contributed by atoms with van der Waals surface area (Å²) in [5.74, 6) is 0.778. The molecule has 0 radical (unpaired) electrons. The summed E-state index contributed by atoms with van der Waals surface area (Å²) in [5.41, 5.74) is 8.56. The number of aryl methyl sites for hydroxylation is 1. The first-order valence-electron chi connectivity index (χ1n) is 3.94. The highest BCUT2D eigenvalue weighted by atomic mass is 16.5. The zero-order chi connectivity index (χ0) is 8.55. The summed E-state index contributed by atoms with van der Waals surface area (Å²) in [5, 5.41) is 0. The largest absolute Gasteiger partial charge is 0.370 e. The number of aromatic nitrogens is 2. The molecule has 0 amide bonds. The number of fused-ring (bicyclic) bond motifs is 1.